The molecule has 3 atom stereocenters. The van der Waals surface area contributed by atoms with Crippen molar-refractivity contribution >= 4 is 22.4 Å². The molecule has 4 heterocycles. The third-order valence-corrected chi connectivity index (χ3v) is 9.52. The molecule has 2 bridgehead atoms. The number of carbonyl (C=O) groups is 1. The van der Waals surface area contributed by atoms with E-state index in [-0.39, 0.29) is 47.6 Å². The Morgan fingerprint density at radius 3 is 2.53 bits per heavy atom. The van der Waals surface area contributed by atoms with Crippen LogP contribution >= 0.6 is 11.3 Å². The van der Waals surface area contributed by atoms with Crippen molar-refractivity contribution in [3.05, 3.63) is 70.5 Å². The van der Waals surface area contributed by atoms with Crippen LogP contribution in [0.3, 0.4) is 0 Å². The van der Waals surface area contributed by atoms with Gasteiger partial charge in [-0.05, 0) is 62.8 Å². The number of para-hydroxylation sites is 1. The molecule has 0 N–H and O–H groups in total. The van der Waals surface area contributed by atoms with Crippen LogP contribution in [-0.4, -0.2) is 47.8 Å². The van der Waals surface area contributed by atoms with Gasteiger partial charge in [-0.2, -0.15) is 0 Å². The summed E-state index contributed by atoms with van der Waals surface area (Å²) >= 11 is 1.50. The second-order valence-electron chi connectivity index (χ2n) is 11.6. The second kappa shape index (κ2) is 11.8. The number of methoxy groups -OCH3 is 1. The van der Waals surface area contributed by atoms with Crippen LogP contribution in [0.5, 0.6) is 5.75 Å². The standard InChI is InChI=1S/C32H29F4N3O5S/c1-41-30(40)22-11-8-18(12-25(22)33)26-16-45-31(37-26)39-19-9-10-20(39)14-21(13-19)42-15-24-28(38-44-29(24)17-6-7-17)23-4-2-3-5-27(23)43-32(34,35)36/h2-5,8,11-12,16-17,19-21H,6-7,9-10,13-15H2,1H3/t19-,20+,21+. The first-order chi connectivity index (χ1) is 21.7. The van der Waals surface area contributed by atoms with Crippen LogP contribution in [0, 0.1) is 5.82 Å². The number of alkyl halides is 3. The van der Waals surface area contributed by atoms with E-state index < -0.39 is 18.1 Å². The van der Waals surface area contributed by atoms with Gasteiger partial charge in [0.25, 0.3) is 0 Å². The van der Waals surface area contributed by atoms with Crippen molar-refractivity contribution in [3.63, 3.8) is 0 Å². The van der Waals surface area contributed by atoms with Crippen molar-refractivity contribution in [3.8, 4) is 28.3 Å². The number of anilines is 1. The van der Waals surface area contributed by atoms with Gasteiger partial charge in [0.15, 0.2) is 5.13 Å². The van der Waals surface area contributed by atoms with Crippen molar-refractivity contribution in [1.82, 2.24) is 10.1 Å². The Kier molecular flexibility index (Phi) is 7.76. The normalized spacial score (nSPS) is 21.3. The molecule has 0 spiro atoms. The fourth-order valence-corrected chi connectivity index (χ4v) is 7.43. The minimum absolute atomic E-state index is 0.0605. The average Bonchev–Trinajstić information content (AvgIpc) is 3.47. The van der Waals surface area contributed by atoms with E-state index >= 15 is 0 Å². The Labute approximate surface area is 259 Å². The molecule has 0 amide bonds. The lowest BCUT2D eigenvalue weighted by Gasteiger charge is -2.38. The van der Waals surface area contributed by atoms with Gasteiger partial charge in [-0.3, -0.25) is 0 Å². The summed E-state index contributed by atoms with van der Waals surface area (Å²) in [5.74, 6) is -0.882. The molecule has 0 unspecified atom stereocenters. The summed E-state index contributed by atoms with van der Waals surface area (Å²) < 4.78 is 75.0. The van der Waals surface area contributed by atoms with Crippen molar-refractivity contribution in [2.24, 2.45) is 0 Å². The molecule has 4 aromatic rings. The van der Waals surface area contributed by atoms with E-state index in [0.717, 1.165) is 43.7 Å². The van der Waals surface area contributed by atoms with Crippen molar-refractivity contribution in [2.75, 3.05) is 12.0 Å². The number of piperidine rings is 1. The zero-order valence-electron chi connectivity index (χ0n) is 24.2. The number of hydrogen-bond acceptors (Lipinski definition) is 9. The number of thiazole rings is 1. The molecule has 2 aromatic heterocycles. The highest BCUT2D eigenvalue weighted by Crippen LogP contribution is 2.47. The zero-order valence-corrected chi connectivity index (χ0v) is 25.0. The van der Waals surface area contributed by atoms with E-state index in [1.807, 2.05) is 5.38 Å². The topological polar surface area (TPSA) is 86.9 Å². The molecule has 236 valence electrons. The van der Waals surface area contributed by atoms with E-state index in [9.17, 15) is 22.4 Å². The average molecular weight is 644 g/mol. The molecule has 45 heavy (non-hydrogen) atoms. The molecule has 3 aliphatic rings. The van der Waals surface area contributed by atoms with Crippen LogP contribution in [0.15, 0.2) is 52.4 Å². The first kappa shape index (κ1) is 29.7. The van der Waals surface area contributed by atoms with E-state index in [0.29, 0.717) is 28.3 Å². The molecule has 2 aliphatic heterocycles. The molecular weight excluding hydrogens is 614 g/mol. The van der Waals surface area contributed by atoms with Gasteiger partial charge in [0, 0.05) is 40.1 Å². The Bertz CT molecular complexity index is 1700. The number of ether oxygens (including phenoxy) is 3. The highest BCUT2D eigenvalue weighted by Gasteiger charge is 2.43. The monoisotopic (exact) mass is 643 g/mol. The van der Waals surface area contributed by atoms with Crippen molar-refractivity contribution in [2.45, 2.75) is 75.6 Å². The summed E-state index contributed by atoms with van der Waals surface area (Å²) in [6.45, 7) is 0.170. The van der Waals surface area contributed by atoms with Crippen LogP contribution in [0.25, 0.3) is 22.5 Å². The summed E-state index contributed by atoms with van der Waals surface area (Å²) in [6.07, 6.45) is 0.459. The molecule has 3 fully saturated rings. The van der Waals surface area contributed by atoms with Crippen molar-refractivity contribution in [1.29, 1.82) is 0 Å². The number of fused-ring (bicyclic) bond motifs is 2. The SMILES string of the molecule is COC(=O)c1ccc(-c2csc(N3[C@@H]4CC[C@H]3C[C@@H](OCc3c(-c5ccccc5OC(F)(F)F)noc3C3CC3)C4)n2)cc1F. The predicted octanol–water partition coefficient (Wildman–Crippen LogP) is 7.88. The Morgan fingerprint density at radius 1 is 1.09 bits per heavy atom. The van der Waals surface area contributed by atoms with Gasteiger partial charge in [0.1, 0.15) is 23.0 Å². The van der Waals surface area contributed by atoms with Gasteiger partial charge < -0.3 is 23.6 Å². The summed E-state index contributed by atoms with van der Waals surface area (Å²) in [5.41, 5.74) is 2.26. The smallest absolute Gasteiger partial charge is 0.465 e. The third kappa shape index (κ3) is 6.02. The van der Waals surface area contributed by atoms with Crippen LogP contribution < -0.4 is 9.64 Å². The van der Waals surface area contributed by atoms with Gasteiger partial charge in [0.05, 0.1) is 31.1 Å². The highest BCUT2D eigenvalue weighted by molar-refractivity contribution is 7.14. The molecule has 13 heteroatoms. The maximum Gasteiger partial charge on any atom is 0.573 e. The summed E-state index contributed by atoms with van der Waals surface area (Å²) in [5, 5.41) is 6.92. The number of nitrogens with zero attached hydrogens (tertiary/aromatic N) is 3. The zero-order chi connectivity index (χ0) is 31.3. The minimum Gasteiger partial charge on any atom is -0.465 e. The number of carbonyl (C=O) groups excluding carboxylic acids is 1. The molecule has 2 aromatic carbocycles. The number of benzene rings is 2. The minimum atomic E-state index is -4.84. The van der Waals surface area contributed by atoms with E-state index in [1.54, 1.807) is 18.2 Å². The van der Waals surface area contributed by atoms with Gasteiger partial charge in [0.2, 0.25) is 0 Å². The summed E-state index contributed by atoms with van der Waals surface area (Å²) in [6, 6.07) is 10.7. The molecule has 7 rings (SSSR count). The molecule has 1 saturated carbocycles. The first-order valence-corrected chi connectivity index (χ1v) is 15.6. The molecule has 0 radical (unpaired) electrons. The fraction of sp³-hybridized carbons (Fsp3) is 0.406. The lowest BCUT2D eigenvalue weighted by Crippen LogP contribution is -2.45. The van der Waals surface area contributed by atoms with Crippen LogP contribution in [-0.2, 0) is 16.1 Å². The van der Waals surface area contributed by atoms with Gasteiger partial charge in [-0.25, -0.2) is 14.2 Å². The Morgan fingerprint density at radius 2 is 1.84 bits per heavy atom. The number of aromatic nitrogens is 2. The Balaban J connectivity index is 1.06. The number of halogens is 4. The van der Waals surface area contributed by atoms with Crippen LogP contribution in [0.2, 0.25) is 0 Å². The van der Waals surface area contributed by atoms with E-state index in [1.165, 1.54) is 42.7 Å². The fourth-order valence-electron chi connectivity index (χ4n) is 6.46. The van der Waals surface area contributed by atoms with Crippen LogP contribution in [0.1, 0.15) is 66.1 Å². The summed E-state index contributed by atoms with van der Waals surface area (Å²) in [4.78, 5) is 18.9. The lowest BCUT2D eigenvalue weighted by molar-refractivity contribution is -0.274. The predicted molar refractivity (Wildman–Crippen MR) is 157 cm³/mol. The largest absolute Gasteiger partial charge is 0.573 e. The van der Waals surface area contributed by atoms with Crippen molar-refractivity contribution < 1.29 is 41.1 Å². The molecule has 1 aliphatic carbocycles. The molecule has 2 saturated heterocycles. The summed E-state index contributed by atoms with van der Waals surface area (Å²) in [7, 11) is 1.21. The quantitative estimate of drug-likeness (QED) is 0.135. The highest BCUT2D eigenvalue weighted by atomic mass is 32.1. The molecular formula is C32H29F4N3O5S. The maximum absolute atomic E-state index is 14.6. The number of esters is 1. The lowest BCUT2D eigenvalue weighted by atomic mass is 10.00. The second-order valence-corrected chi connectivity index (χ2v) is 12.4. The van der Waals surface area contributed by atoms with Gasteiger partial charge >= 0.3 is 12.3 Å². The number of hydrogen-bond donors (Lipinski definition) is 0. The maximum atomic E-state index is 14.6. The Hall–Kier alpha value is -3.97. The number of rotatable bonds is 9. The van der Waals surface area contributed by atoms with E-state index in [4.69, 9.17) is 14.2 Å². The first-order valence-electron chi connectivity index (χ1n) is 14.8. The molecule has 8 nitrogen and oxygen atoms in total. The van der Waals surface area contributed by atoms with Gasteiger partial charge in [-0.15, -0.1) is 24.5 Å². The third-order valence-electron chi connectivity index (χ3n) is 8.67. The van der Waals surface area contributed by atoms with E-state index in [2.05, 4.69) is 19.5 Å². The van der Waals surface area contributed by atoms with Gasteiger partial charge in [-0.1, -0.05) is 23.4 Å². The van der Waals surface area contributed by atoms with Crippen LogP contribution in [0.4, 0.5) is 22.7 Å².